The van der Waals surface area contributed by atoms with Crippen molar-refractivity contribution >= 4 is 70.9 Å². The van der Waals surface area contributed by atoms with Crippen molar-refractivity contribution < 1.29 is 0 Å². The van der Waals surface area contributed by atoms with Crippen molar-refractivity contribution in [3.05, 3.63) is 108 Å². The van der Waals surface area contributed by atoms with Gasteiger partial charge in [-0.2, -0.15) is 0 Å². The molecule has 1 heterocycles. The van der Waals surface area contributed by atoms with E-state index in [1.807, 2.05) is 59.5 Å². The Morgan fingerprint density at radius 2 is 0.722 bits per heavy atom. The molecule has 5 rings (SSSR count). The third-order valence-electron chi connectivity index (χ3n) is 5.45. The van der Waals surface area contributed by atoms with E-state index in [2.05, 4.69) is 97.1 Å². The number of benzene rings is 4. The highest BCUT2D eigenvalue weighted by atomic mass is 32.2. The van der Waals surface area contributed by atoms with Crippen molar-refractivity contribution in [3.63, 3.8) is 0 Å². The van der Waals surface area contributed by atoms with Gasteiger partial charge in [-0.05, 0) is 36.4 Å². The Kier molecular flexibility index (Phi) is 9.30. The number of fused-ring (bicyclic) bond motifs is 4. The normalized spacial score (nSPS) is 14.7. The highest BCUT2D eigenvalue weighted by Gasteiger charge is 2.07. The van der Waals surface area contributed by atoms with Crippen LogP contribution in [-0.2, 0) is 0 Å². The number of para-hydroxylation sites is 2. The van der Waals surface area contributed by atoms with Crippen LogP contribution in [0.5, 0.6) is 0 Å². The van der Waals surface area contributed by atoms with Gasteiger partial charge < -0.3 is 0 Å². The van der Waals surface area contributed by atoms with Gasteiger partial charge in [-0.1, -0.05) is 60.7 Å². The van der Waals surface area contributed by atoms with E-state index in [1.54, 1.807) is 0 Å². The molecule has 0 fully saturated rings. The molecule has 2 nitrogen and oxygen atoms in total. The Labute approximate surface area is 230 Å². The molecule has 6 heteroatoms. The number of hydrogen-bond donors (Lipinski definition) is 0. The second-order valence-electron chi connectivity index (χ2n) is 7.92. The fourth-order valence-electron chi connectivity index (χ4n) is 3.69. The summed E-state index contributed by atoms with van der Waals surface area (Å²) in [5.74, 6) is 4.04. The molecule has 0 aromatic heterocycles. The maximum Gasteiger partial charge on any atom is 0.0765 e. The zero-order valence-electron chi connectivity index (χ0n) is 19.7. The van der Waals surface area contributed by atoms with Crippen LogP contribution in [0.25, 0.3) is 0 Å². The first-order chi connectivity index (χ1) is 17.9. The summed E-state index contributed by atoms with van der Waals surface area (Å²) in [5.41, 5.74) is 4.39. The molecule has 4 aromatic rings. The molecule has 180 valence electrons. The third-order valence-corrected chi connectivity index (χ3v) is 10.3. The van der Waals surface area contributed by atoms with Crippen LogP contribution < -0.4 is 0 Å². The quantitative estimate of drug-likeness (QED) is 0.221. The van der Waals surface area contributed by atoms with Crippen molar-refractivity contribution in [3.8, 4) is 0 Å². The molecule has 0 bridgehead atoms. The Morgan fingerprint density at radius 1 is 0.389 bits per heavy atom. The molecule has 0 amide bonds. The summed E-state index contributed by atoms with van der Waals surface area (Å²) in [6.45, 7) is 0. The Hall–Kier alpha value is -2.38. The monoisotopic (exact) mass is 542 g/mol. The minimum Gasteiger partial charge on any atom is -0.255 e. The van der Waals surface area contributed by atoms with Crippen LogP contribution in [0, 0.1) is 0 Å². The van der Waals surface area contributed by atoms with E-state index in [0.717, 1.165) is 34.4 Å². The van der Waals surface area contributed by atoms with Crippen molar-refractivity contribution in [1.82, 2.24) is 0 Å². The standard InChI is InChI=1S/C30H26N2S4/c1-5-13-27-23(9-1)21-31-25-11-3-7-15-29(25)35-19-20-36-30-16-8-4-12-26(30)32-22-24-10-2-6-14-28(24)34-18-17-33-27/h1-16,21-22H,17-20H2. The number of thioether (sulfide) groups is 4. The Bertz CT molecular complexity index is 1160. The summed E-state index contributed by atoms with van der Waals surface area (Å²) in [6, 6.07) is 33.9. The van der Waals surface area contributed by atoms with E-state index in [1.165, 1.54) is 30.7 Å². The fraction of sp³-hybridized carbons (Fsp3) is 0.133. The lowest BCUT2D eigenvalue weighted by Crippen LogP contribution is -1.92. The largest absolute Gasteiger partial charge is 0.255 e. The van der Waals surface area contributed by atoms with Gasteiger partial charge in [-0.25, -0.2) is 0 Å². The molecule has 1 aliphatic rings. The summed E-state index contributed by atoms with van der Waals surface area (Å²) in [6.07, 6.45) is 4.04. The molecule has 0 unspecified atom stereocenters. The molecule has 0 radical (unpaired) electrons. The van der Waals surface area contributed by atoms with E-state index < -0.39 is 0 Å². The summed E-state index contributed by atoms with van der Waals surface area (Å²) in [5, 5.41) is 0. The third kappa shape index (κ3) is 6.88. The zero-order chi connectivity index (χ0) is 24.4. The SMILES string of the molecule is C1=Nc2ccccc2SCCSc2ccccc2N=Cc2ccccc2SCCSc2ccccc21. The van der Waals surface area contributed by atoms with Crippen molar-refractivity contribution in [1.29, 1.82) is 0 Å². The molecular weight excluding hydrogens is 517 g/mol. The van der Waals surface area contributed by atoms with Gasteiger partial charge in [0.2, 0.25) is 0 Å². The lowest BCUT2D eigenvalue weighted by Gasteiger charge is -2.09. The van der Waals surface area contributed by atoms with Crippen LogP contribution >= 0.6 is 47.0 Å². The molecular formula is C30H26N2S4. The van der Waals surface area contributed by atoms with E-state index >= 15 is 0 Å². The predicted molar refractivity (Wildman–Crippen MR) is 163 cm³/mol. The van der Waals surface area contributed by atoms with Gasteiger partial charge in [0.1, 0.15) is 0 Å². The molecule has 0 saturated carbocycles. The predicted octanol–water partition coefficient (Wildman–Crippen LogP) is 9.27. The van der Waals surface area contributed by atoms with Crippen LogP contribution in [0.4, 0.5) is 11.4 Å². The minimum atomic E-state index is 1.00. The lowest BCUT2D eigenvalue weighted by molar-refractivity contribution is 1.34. The van der Waals surface area contributed by atoms with Crippen LogP contribution in [0.15, 0.2) is 127 Å². The van der Waals surface area contributed by atoms with Gasteiger partial charge in [0.05, 0.1) is 11.4 Å². The summed E-state index contributed by atoms with van der Waals surface area (Å²) in [4.78, 5) is 14.8. The van der Waals surface area contributed by atoms with Crippen molar-refractivity contribution in [2.24, 2.45) is 9.98 Å². The molecule has 0 atom stereocenters. The average molecular weight is 543 g/mol. The van der Waals surface area contributed by atoms with E-state index in [9.17, 15) is 0 Å². The second kappa shape index (κ2) is 13.2. The van der Waals surface area contributed by atoms with Gasteiger partial charge in [0, 0.05) is 66.1 Å². The maximum atomic E-state index is 4.89. The highest BCUT2D eigenvalue weighted by Crippen LogP contribution is 2.34. The van der Waals surface area contributed by atoms with Crippen LogP contribution in [-0.4, -0.2) is 35.4 Å². The van der Waals surface area contributed by atoms with Gasteiger partial charge in [0.15, 0.2) is 0 Å². The maximum absolute atomic E-state index is 4.89. The molecule has 0 aliphatic carbocycles. The summed E-state index contributed by atoms with van der Waals surface area (Å²) in [7, 11) is 0. The van der Waals surface area contributed by atoms with E-state index in [-0.39, 0.29) is 0 Å². The molecule has 0 N–H and O–H groups in total. The summed E-state index contributed by atoms with van der Waals surface area (Å²) >= 11 is 7.50. The fourth-order valence-corrected chi connectivity index (χ4v) is 7.72. The molecule has 0 spiro atoms. The first kappa shape index (κ1) is 25.3. The van der Waals surface area contributed by atoms with Crippen LogP contribution in [0.3, 0.4) is 0 Å². The molecule has 36 heavy (non-hydrogen) atoms. The number of hydrogen-bond acceptors (Lipinski definition) is 6. The first-order valence-corrected chi connectivity index (χ1v) is 15.8. The molecule has 4 aromatic carbocycles. The number of nitrogens with zero attached hydrogens (tertiary/aromatic N) is 2. The second-order valence-corrected chi connectivity index (χ2v) is 12.5. The van der Waals surface area contributed by atoms with Gasteiger partial charge in [0.25, 0.3) is 0 Å². The van der Waals surface area contributed by atoms with E-state index in [0.29, 0.717) is 0 Å². The van der Waals surface area contributed by atoms with Crippen molar-refractivity contribution in [2.75, 3.05) is 23.0 Å². The van der Waals surface area contributed by atoms with Gasteiger partial charge in [-0.15, -0.1) is 47.0 Å². The zero-order valence-corrected chi connectivity index (χ0v) is 23.0. The lowest BCUT2D eigenvalue weighted by atomic mass is 10.2. The molecule has 0 saturated heterocycles. The number of rotatable bonds is 0. The van der Waals surface area contributed by atoms with Crippen LogP contribution in [0.2, 0.25) is 0 Å². The smallest absolute Gasteiger partial charge is 0.0765 e. The van der Waals surface area contributed by atoms with E-state index in [4.69, 9.17) is 9.98 Å². The minimum absolute atomic E-state index is 1.00. The number of aliphatic imine (C=N–C) groups is 2. The van der Waals surface area contributed by atoms with Gasteiger partial charge in [-0.3, -0.25) is 9.98 Å². The highest BCUT2D eigenvalue weighted by molar-refractivity contribution is 8.03. The first-order valence-electron chi connectivity index (χ1n) is 11.8. The van der Waals surface area contributed by atoms with Crippen molar-refractivity contribution in [2.45, 2.75) is 19.6 Å². The average Bonchev–Trinajstić information content (AvgIpc) is 2.93. The Morgan fingerprint density at radius 3 is 1.17 bits per heavy atom. The molecule has 1 aliphatic heterocycles. The Balaban J connectivity index is 1.44. The summed E-state index contributed by atoms with van der Waals surface area (Å²) < 4.78 is 0. The topological polar surface area (TPSA) is 24.7 Å². The van der Waals surface area contributed by atoms with Gasteiger partial charge >= 0.3 is 0 Å². The van der Waals surface area contributed by atoms with Crippen LogP contribution in [0.1, 0.15) is 11.1 Å².